The molecule has 1 amide bonds. The van der Waals surface area contributed by atoms with E-state index in [1.807, 2.05) is 19.1 Å². The van der Waals surface area contributed by atoms with Gasteiger partial charge in [-0.15, -0.1) is 0 Å². The number of furan rings is 1. The minimum atomic E-state index is -0.416. The molecule has 0 radical (unpaired) electrons. The summed E-state index contributed by atoms with van der Waals surface area (Å²) in [5.74, 6) is 1.45. The molecule has 0 fully saturated rings. The zero-order valence-corrected chi connectivity index (χ0v) is 13.4. The van der Waals surface area contributed by atoms with Gasteiger partial charge in [0.15, 0.2) is 6.61 Å². The van der Waals surface area contributed by atoms with Gasteiger partial charge in [0.05, 0.1) is 19.2 Å². The molecule has 0 unspecified atom stereocenters. The van der Waals surface area contributed by atoms with Gasteiger partial charge in [0.25, 0.3) is 5.91 Å². The Labute approximate surface area is 134 Å². The molecule has 0 aliphatic rings. The summed E-state index contributed by atoms with van der Waals surface area (Å²) >= 11 is 0. The van der Waals surface area contributed by atoms with Gasteiger partial charge in [-0.3, -0.25) is 4.79 Å². The second kappa shape index (κ2) is 7.49. The molecular formula is C17H19NO5. The van der Waals surface area contributed by atoms with Crippen molar-refractivity contribution in [2.75, 3.05) is 20.8 Å². The minimum Gasteiger partial charge on any atom is -0.484 e. The van der Waals surface area contributed by atoms with Crippen LogP contribution in [0, 0.1) is 6.92 Å². The number of ether oxygens (including phenoxy) is 2. The Morgan fingerprint density at radius 2 is 1.83 bits per heavy atom. The van der Waals surface area contributed by atoms with Gasteiger partial charge in [-0.25, -0.2) is 4.79 Å². The summed E-state index contributed by atoms with van der Waals surface area (Å²) in [7, 11) is 3.01. The first kappa shape index (κ1) is 16.6. The highest BCUT2D eigenvalue weighted by Gasteiger charge is 2.12. The number of hydrogen-bond donors (Lipinski definition) is 0. The highest BCUT2D eigenvalue weighted by molar-refractivity contribution is 5.89. The Kier molecular flexibility index (Phi) is 5.41. The van der Waals surface area contributed by atoms with Crippen LogP contribution in [0.4, 0.5) is 0 Å². The molecule has 122 valence electrons. The van der Waals surface area contributed by atoms with Gasteiger partial charge in [0, 0.05) is 7.05 Å². The van der Waals surface area contributed by atoms with Crippen LogP contribution in [-0.4, -0.2) is 37.5 Å². The summed E-state index contributed by atoms with van der Waals surface area (Å²) < 4.78 is 15.5. The Morgan fingerprint density at radius 3 is 2.39 bits per heavy atom. The third-order valence-electron chi connectivity index (χ3n) is 3.25. The van der Waals surface area contributed by atoms with Crippen LogP contribution >= 0.6 is 0 Å². The molecule has 0 bridgehead atoms. The number of likely N-dealkylation sites (N-methyl/N-ethyl adjacent to an activating group) is 1. The maximum atomic E-state index is 12.0. The maximum Gasteiger partial charge on any atom is 0.337 e. The van der Waals surface area contributed by atoms with Gasteiger partial charge >= 0.3 is 5.97 Å². The number of amides is 1. The number of hydrogen-bond acceptors (Lipinski definition) is 5. The predicted molar refractivity (Wildman–Crippen MR) is 83.2 cm³/mol. The van der Waals surface area contributed by atoms with Crippen LogP contribution in [0.5, 0.6) is 5.75 Å². The third-order valence-corrected chi connectivity index (χ3v) is 3.25. The lowest BCUT2D eigenvalue weighted by Crippen LogP contribution is -2.30. The third kappa shape index (κ3) is 4.60. The highest BCUT2D eigenvalue weighted by atomic mass is 16.5. The van der Waals surface area contributed by atoms with Crippen molar-refractivity contribution in [1.29, 1.82) is 0 Å². The summed E-state index contributed by atoms with van der Waals surface area (Å²) in [5, 5.41) is 0. The normalized spacial score (nSPS) is 10.2. The van der Waals surface area contributed by atoms with Crippen LogP contribution in [0.3, 0.4) is 0 Å². The molecule has 2 aromatic rings. The van der Waals surface area contributed by atoms with Gasteiger partial charge in [-0.05, 0) is 43.3 Å². The number of esters is 1. The summed E-state index contributed by atoms with van der Waals surface area (Å²) in [4.78, 5) is 24.9. The Hall–Kier alpha value is -2.76. The Morgan fingerprint density at radius 1 is 1.13 bits per heavy atom. The molecule has 0 saturated heterocycles. The topological polar surface area (TPSA) is 69.0 Å². The molecule has 1 aromatic heterocycles. The first-order chi connectivity index (χ1) is 11.0. The number of nitrogens with zero attached hydrogens (tertiary/aromatic N) is 1. The van der Waals surface area contributed by atoms with Crippen LogP contribution in [-0.2, 0) is 16.1 Å². The van der Waals surface area contributed by atoms with Crippen molar-refractivity contribution in [3.63, 3.8) is 0 Å². The highest BCUT2D eigenvalue weighted by Crippen LogP contribution is 2.13. The second-order valence-corrected chi connectivity index (χ2v) is 5.07. The fourth-order valence-electron chi connectivity index (χ4n) is 1.95. The first-order valence-electron chi connectivity index (χ1n) is 7.10. The average molecular weight is 317 g/mol. The largest absolute Gasteiger partial charge is 0.484 e. The van der Waals surface area contributed by atoms with Crippen molar-refractivity contribution < 1.29 is 23.5 Å². The number of aryl methyl sites for hydroxylation is 1. The van der Waals surface area contributed by atoms with Gasteiger partial charge in [-0.1, -0.05) is 0 Å². The molecule has 0 N–H and O–H groups in total. The van der Waals surface area contributed by atoms with Crippen molar-refractivity contribution in [3.05, 3.63) is 53.5 Å². The van der Waals surface area contributed by atoms with Crippen LogP contribution in [0.25, 0.3) is 0 Å². The van der Waals surface area contributed by atoms with E-state index in [1.165, 1.54) is 12.0 Å². The molecule has 6 nitrogen and oxygen atoms in total. The molecule has 0 spiro atoms. The molecule has 1 aromatic carbocycles. The van der Waals surface area contributed by atoms with E-state index in [9.17, 15) is 9.59 Å². The van der Waals surface area contributed by atoms with E-state index in [-0.39, 0.29) is 12.5 Å². The summed E-state index contributed by atoms with van der Waals surface area (Å²) in [6.45, 7) is 2.15. The van der Waals surface area contributed by atoms with Crippen molar-refractivity contribution in [3.8, 4) is 5.75 Å². The average Bonchev–Trinajstić information content (AvgIpc) is 2.97. The van der Waals surface area contributed by atoms with Gasteiger partial charge in [0.2, 0.25) is 0 Å². The van der Waals surface area contributed by atoms with E-state index < -0.39 is 5.97 Å². The predicted octanol–water partition coefficient (Wildman–Crippen LogP) is 2.41. The van der Waals surface area contributed by atoms with Crippen LogP contribution < -0.4 is 4.74 Å². The van der Waals surface area contributed by atoms with Crippen LogP contribution in [0.2, 0.25) is 0 Å². The first-order valence-corrected chi connectivity index (χ1v) is 7.10. The zero-order chi connectivity index (χ0) is 16.8. The lowest BCUT2D eigenvalue weighted by molar-refractivity contribution is -0.132. The van der Waals surface area contributed by atoms with Crippen LogP contribution in [0.15, 0.2) is 40.8 Å². The Bertz CT molecular complexity index is 675. The van der Waals surface area contributed by atoms with E-state index >= 15 is 0 Å². The molecule has 0 aliphatic heterocycles. The molecule has 23 heavy (non-hydrogen) atoms. The van der Waals surface area contributed by atoms with Crippen molar-refractivity contribution in [2.24, 2.45) is 0 Å². The molecule has 0 saturated carbocycles. The molecule has 2 rings (SSSR count). The fraction of sp³-hybridized carbons (Fsp3) is 0.294. The summed E-state index contributed by atoms with van der Waals surface area (Å²) in [6.07, 6.45) is 0. The Balaban J connectivity index is 1.84. The monoisotopic (exact) mass is 317 g/mol. The summed E-state index contributed by atoms with van der Waals surface area (Å²) in [6, 6.07) is 10.1. The van der Waals surface area contributed by atoms with E-state index in [4.69, 9.17) is 9.15 Å². The van der Waals surface area contributed by atoms with E-state index in [2.05, 4.69) is 4.74 Å². The number of rotatable bonds is 6. The fourth-order valence-corrected chi connectivity index (χ4v) is 1.95. The molecular weight excluding hydrogens is 298 g/mol. The number of carbonyl (C=O) groups excluding carboxylic acids is 2. The lowest BCUT2D eigenvalue weighted by atomic mass is 10.2. The molecule has 0 aliphatic carbocycles. The minimum absolute atomic E-state index is 0.0895. The quantitative estimate of drug-likeness (QED) is 0.765. The lowest BCUT2D eigenvalue weighted by Gasteiger charge is -2.16. The second-order valence-electron chi connectivity index (χ2n) is 5.07. The van der Waals surface area contributed by atoms with E-state index in [1.54, 1.807) is 31.3 Å². The van der Waals surface area contributed by atoms with Gasteiger partial charge in [-0.2, -0.15) is 0 Å². The van der Waals surface area contributed by atoms with Crippen molar-refractivity contribution in [2.45, 2.75) is 13.5 Å². The molecule has 0 atom stereocenters. The van der Waals surface area contributed by atoms with E-state index in [0.29, 0.717) is 17.9 Å². The standard InChI is InChI=1S/C17H19NO5/c1-12-4-7-15(23-12)10-18(2)16(19)11-22-14-8-5-13(6-9-14)17(20)21-3/h4-9H,10-11H2,1-3H3. The maximum absolute atomic E-state index is 12.0. The number of methoxy groups -OCH3 is 1. The molecule has 1 heterocycles. The van der Waals surface area contributed by atoms with Gasteiger partial charge in [0.1, 0.15) is 17.3 Å². The van der Waals surface area contributed by atoms with E-state index in [0.717, 1.165) is 11.5 Å². The zero-order valence-electron chi connectivity index (χ0n) is 13.4. The SMILES string of the molecule is COC(=O)c1ccc(OCC(=O)N(C)Cc2ccc(C)o2)cc1. The summed E-state index contributed by atoms with van der Waals surface area (Å²) in [5.41, 5.74) is 0.427. The smallest absolute Gasteiger partial charge is 0.337 e. The number of carbonyl (C=O) groups is 2. The van der Waals surface area contributed by atoms with Crippen molar-refractivity contribution >= 4 is 11.9 Å². The number of benzene rings is 1. The van der Waals surface area contributed by atoms with Gasteiger partial charge < -0.3 is 18.8 Å². The van der Waals surface area contributed by atoms with Crippen molar-refractivity contribution in [1.82, 2.24) is 4.90 Å². The van der Waals surface area contributed by atoms with Crippen LogP contribution in [0.1, 0.15) is 21.9 Å². The molecule has 6 heteroatoms.